The molecule has 0 aliphatic heterocycles. The molecule has 7 rings (SSSR count). The first-order valence-electron chi connectivity index (χ1n) is 14.6. The van der Waals surface area contributed by atoms with Crippen molar-refractivity contribution < 1.29 is 42.1 Å². The highest BCUT2D eigenvalue weighted by molar-refractivity contribution is 9.10. The zero-order valence-electron chi connectivity index (χ0n) is 24.9. The summed E-state index contributed by atoms with van der Waals surface area (Å²) in [5.74, 6) is -1.54. The highest BCUT2D eigenvalue weighted by atomic mass is 79.9. The van der Waals surface area contributed by atoms with Gasteiger partial charge < -0.3 is 24.6 Å². The molecule has 12 heteroatoms. The molecule has 0 radical (unpaired) electrons. The van der Waals surface area contributed by atoms with Crippen molar-refractivity contribution in [3.8, 4) is 28.5 Å². The number of pyridine rings is 1. The van der Waals surface area contributed by atoms with Crippen molar-refractivity contribution in [1.82, 2.24) is 10.3 Å². The van der Waals surface area contributed by atoms with Gasteiger partial charge in [-0.1, -0.05) is 40.2 Å². The summed E-state index contributed by atoms with van der Waals surface area (Å²) in [4.78, 5) is 31.8. The summed E-state index contributed by atoms with van der Waals surface area (Å²) in [6, 6.07) is 18.2. The molecule has 1 heterocycles. The molecule has 46 heavy (non-hydrogen) atoms. The number of hydrogen-bond donors (Lipinski definition) is 2. The Bertz CT molecular complexity index is 1840. The van der Waals surface area contributed by atoms with E-state index >= 15 is 0 Å². The molecule has 2 bridgehead atoms. The maximum Gasteiger partial charge on any atom is 0.573 e. The van der Waals surface area contributed by atoms with Crippen LogP contribution in [0.15, 0.2) is 71.2 Å². The summed E-state index contributed by atoms with van der Waals surface area (Å²) in [6.07, 6.45) is -4.85. The molecule has 8 nitrogen and oxygen atoms in total. The number of aromatic nitrogens is 1. The lowest BCUT2D eigenvalue weighted by atomic mass is 9.55. The van der Waals surface area contributed by atoms with Crippen LogP contribution in [0, 0.1) is 12.3 Å². The molecule has 1 atom stereocenters. The third-order valence-electron chi connectivity index (χ3n) is 9.21. The number of fused-ring (bicyclic) bond motifs is 4. The van der Waals surface area contributed by atoms with Crippen LogP contribution in [0.5, 0.6) is 17.2 Å². The van der Waals surface area contributed by atoms with Crippen LogP contribution < -0.4 is 19.5 Å². The van der Waals surface area contributed by atoms with Crippen molar-refractivity contribution in [2.45, 2.75) is 57.0 Å². The van der Waals surface area contributed by atoms with Gasteiger partial charge in [0.2, 0.25) is 0 Å². The predicted octanol–water partition coefficient (Wildman–Crippen LogP) is 7.84. The number of hydrogen-bond acceptors (Lipinski definition) is 6. The number of carboxylic acids is 1. The molecule has 3 aliphatic carbocycles. The summed E-state index contributed by atoms with van der Waals surface area (Å²) in [7, 11) is 1.56. The Balaban J connectivity index is 1.42. The quantitative estimate of drug-likeness (QED) is 0.193. The van der Waals surface area contributed by atoms with Crippen molar-refractivity contribution in [2.24, 2.45) is 5.41 Å². The Labute approximate surface area is 271 Å². The Kier molecular flexibility index (Phi) is 8.12. The molecular weight excluding hydrogens is 669 g/mol. The SMILES string of the molecule is COc1cccc(-c2nc3ccc(Br)cc3c(C(=O)NC34CCC(C(=O)O)(CC3)C[C@H]4Oc3ccccc3OC(F)(F)F)c2C)c1. The molecule has 3 saturated carbocycles. The number of carboxylic acid groups (broad SMARTS) is 1. The summed E-state index contributed by atoms with van der Waals surface area (Å²) in [5, 5.41) is 14.0. The lowest BCUT2D eigenvalue weighted by molar-refractivity contribution is -0.275. The Morgan fingerprint density at radius 1 is 1.00 bits per heavy atom. The number of benzene rings is 3. The minimum Gasteiger partial charge on any atom is -0.497 e. The number of ether oxygens (including phenoxy) is 3. The maximum absolute atomic E-state index is 14.5. The van der Waals surface area contributed by atoms with Crippen LogP contribution in [0.2, 0.25) is 0 Å². The van der Waals surface area contributed by atoms with Crippen LogP contribution >= 0.6 is 15.9 Å². The molecule has 3 aromatic carbocycles. The minimum absolute atomic E-state index is 0.000349. The largest absolute Gasteiger partial charge is 0.573 e. The van der Waals surface area contributed by atoms with Crippen LogP contribution in [0.3, 0.4) is 0 Å². The second-order valence-corrected chi connectivity index (χ2v) is 12.8. The summed E-state index contributed by atoms with van der Waals surface area (Å²) < 4.78 is 56.2. The van der Waals surface area contributed by atoms with Gasteiger partial charge in [0.1, 0.15) is 11.9 Å². The number of nitrogens with one attached hydrogen (secondary N) is 1. The molecular formula is C34H30BrF3N2O6. The van der Waals surface area contributed by atoms with E-state index in [9.17, 15) is 27.9 Å². The average molecular weight is 700 g/mol. The number of amides is 1. The number of para-hydroxylation sites is 2. The van der Waals surface area contributed by atoms with Gasteiger partial charge in [-0.05, 0) is 80.6 Å². The van der Waals surface area contributed by atoms with Gasteiger partial charge in [-0.15, -0.1) is 13.2 Å². The highest BCUT2D eigenvalue weighted by Gasteiger charge is 2.60. The zero-order valence-corrected chi connectivity index (χ0v) is 26.5. The van der Waals surface area contributed by atoms with Crippen molar-refractivity contribution >= 4 is 38.7 Å². The molecule has 3 fully saturated rings. The molecule has 1 amide bonds. The van der Waals surface area contributed by atoms with Gasteiger partial charge in [-0.2, -0.15) is 0 Å². The van der Waals surface area contributed by atoms with Gasteiger partial charge >= 0.3 is 12.3 Å². The normalized spacial score (nSPS) is 22.3. The van der Waals surface area contributed by atoms with Crippen molar-refractivity contribution in [1.29, 1.82) is 0 Å². The second kappa shape index (κ2) is 11.8. The van der Waals surface area contributed by atoms with Crippen molar-refractivity contribution in [3.63, 3.8) is 0 Å². The van der Waals surface area contributed by atoms with Crippen LogP contribution in [0.1, 0.15) is 48.0 Å². The average Bonchev–Trinajstić information content (AvgIpc) is 3.01. The number of carbonyl (C=O) groups excluding carboxylic acids is 1. The zero-order chi connectivity index (χ0) is 32.9. The van der Waals surface area contributed by atoms with Gasteiger partial charge in [0.25, 0.3) is 5.91 Å². The first-order valence-corrected chi connectivity index (χ1v) is 15.4. The first kappa shape index (κ1) is 31.7. The molecule has 4 aromatic rings. The van der Waals surface area contributed by atoms with Crippen LogP contribution in [-0.2, 0) is 4.79 Å². The Morgan fingerprint density at radius 3 is 2.39 bits per heavy atom. The minimum atomic E-state index is -4.96. The van der Waals surface area contributed by atoms with E-state index in [1.807, 2.05) is 49.4 Å². The van der Waals surface area contributed by atoms with E-state index in [0.717, 1.165) is 16.1 Å². The molecule has 240 valence electrons. The predicted molar refractivity (Wildman–Crippen MR) is 167 cm³/mol. The van der Waals surface area contributed by atoms with E-state index in [0.29, 0.717) is 33.5 Å². The number of nitrogens with zero attached hydrogens (tertiary/aromatic N) is 1. The van der Waals surface area contributed by atoms with E-state index in [4.69, 9.17) is 14.5 Å². The first-order chi connectivity index (χ1) is 21.8. The topological polar surface area (TPSA) is 107 Å². The van der Waals surface area contributed by atoms with E-state index in [1.54, 1.807) is 7.11 Å². The molecule has 1 aromatic heterocycles. The van der Waals surface area contributed by atoms with Gasteiger partial charge in [0, 0.05) is 21.8 Å². The van der Waals surface area contributed by atoms with Crippen LogP contribution in [0.4, 0.5) is 13.2 Å². The number of halogens is 4. The Hall–Kier alpha value is -4.32. The van der Waals surface area contributed by atoms with Gasteiger partial charge in [0.15, 0.2) is 11.5 Å². The van der Waals surface area contributed by atoms with E-state index in [2.05, 4.69) is 26.0 Å². The molecule has 3 aliphatic rings. The molecule has 2 N–H and O–H groups in total. The third-order valence-corrected chi connectivity index (χ3v) is 9.71. The highest BCUT2D eigenvalue weighted by Crippen LogP contribution is 2.54. The van der Waals surface area contributed by atoms with Crippen LogP contribution in [-0.4, -0.2) is 47.1 Å². The number of aliphatic carboxylic acids is 1. The fraction of sp³-hybridized carbons (Fsp3) is 0.324. The summed E-state index contributed by atoms with van der Waals surface area (Å²) in [5.41, 5.74) is 0.708. The van der Waals surface area contributed by atoms with Crippen molar-refractivity contribution in [2.75, 3.05) is 7.11 Å². The number of carbonyl (C=O) groups is 2. The van der Waals surface area contributed by atoms with E-state index in [1.165, 1.54) is 18.2 Å². The molecule has 0 spiro atoms. The smallest absolute Gasteiger partial charge is 0.497 e. The Morgan fingerprint density at radius 2 is 1.72 bits per heavy atom. The summed E-state index contributed by atoms with van der Waals surface area (Å²) in [6.45, 7) is 1.81. The van der Waals surface area contributed by atoms with Gasteiger partial charge in [-0.25, -0.2) is 4.98 Å². The lowest BCUT2D eigenvalue weighted by Crippen LogP contribution is -2.67. The number of methoxy groups -OCH3 is 1. The van der Waals surface area contributed by atoms with E-state index in [-0.39, 0.29) is 37.9 Å². The van der Waals surface area contributed by atoms with Crippen molar-refractivity contribution in [3.05, 3.63) is 82.3 Å². The lowest BCUT2D eigenvalue weighted by Gasteiger charge is -2.55. The maximum atomic E-state index is 14.5. The monoisotopic (exact) mass is 698 g/mol. The molecule has 0 unspecified atom stereocenters. The third kappa shape index (κ3) is 5.86. The van der Waals surface area contributed by atoms with Gasteiger partial charge in [-0.3, -0.25) is 9.59 Å². The number of alkyl halides is 3. The second-order valence-electron chi connectivity index (χ2n) is 11.9. The van der Waals surface area contributed by atoms with Gasteiger partial charge in [0.05, 0.1) is 34.8 Å². The van der Waals surface area contributed by atoms with Crippen LogP contribution in [0.25, 0.3) is 22.2 Å². The summed E-state index contributed by atoms with van der Waals surface area (Å²) >= 11 is 3.50. The number of rotatable bonds is 8. The molecule has 0 saturated heterocycles. The standard InChI is InChI=1S/C34H30BrF3N2O6/c1-19-28(23-17-21(35)10-11-24(23)39-29(19)20-6-5-7-22(16-20)44-2)30(41)40-33-14-12-32(13-15-33,31(42)43)18-27(33)45-25-8-3-4-9-26(25)46-34(36,37)38/h3-11,16-17,27H,12-15,18H2,1-2H3,(H,40,41)(H,42,43)/t27-,32?,33?/m1/s1. The fourth-order valence-corrected chi connectivity index (χ4v) is 7.15. The fourth-order valence-electron chi connectivity index (χ4n) is 6.79. The van der Waals surface area contributed by atoms with E-state index < -0.39 is 41.0 Å².